The van der Waals surface area contributed by atoms with Crippen molar-refractivity contribution in [1.82, 2.24) is 0 Å². The Morgan fingerprint density at radius 3 is 3.07 bits per heavy atom. The number of anilines is 1. The van der Waals surface area contributed by atoms with E-state index in [-0.39, 0.29) is 12.1 Å². The zero-order chi connectivity index (χ0) is 10.1. The summed E-state index contributed by atoms with van der Waals surface area (Å²) in [6.07, 6.45) is 0.0607. The number of aryl methyl sites for hydroxylation is 1. The lowest BCUT2D eigenvalue weighted by Gasteiger charge is -2.17. The van der Waals surface area contributed by atoms with Crippen LogP contribution < -0.4 is 15.8 Å². The summed E-state index contributed by atoms with van der Waals surface area (Å²) in [5.74, 6) is 0.908. The molecule has 0 bridgehead atoms. The van der Waals surface area contributed by atoms with Gasteiger partial charge in [-0.25, -0.2) is 0 Å². The molecule has 0 saturated heterocycles. The highest BCUT2D eigenvalue weighted by Gasteiger charge is 2.20. The Kier molecular flexibility index (Phi) is 2.33. The van der Waals surface area contributed by atoms with Gasteiger partial charge < -0.3 is 15.8 Å². The molecule has 0 fully saturated rings. The lowest BCUT2D eigenvalue weighted by molar-refractivity contribution is 0.200. The van der Waals surface area contributed by atoms with E-state index in [1.165, 1.54) is 5.56 Å². The van der Waals surface area contributed by atoms with Crippen molar-refractivity contribution in [3.63, 3.8) is 0 Å². The Balaban J connectivity index is 2.33. The van der Waals surface area contributed by atoms with E-state index in [0.29, 0.717) is 0 Å². The molecule has 0 amide bonds. The monoisotopic (exact) mass is 192 g/mol. The van der Waals surface area contributed by atoms with Gasteiger partial charge in [-0.1, -0.05) is 6.07 Å². The van der Waals surface area contributed by atoms with Crippen molar-refractivity contribution in [3.8, 4) is 5.75 Å². The standard InChI is InChI=1S/C11H16N2O/c1-7-3-4-10-11(5-7)14-8(2)9(12)6-13-10/h3-5,8-9,13H,6,12H2,1-2H3/t8-,9-/m0/s1. The minimum absolute atomic E-state index is 0.0442. The molecule has 1 aliphatic rings. The van der Waals surface area contributed by atoms with E-state index in [0.717, 1.165) is 18.0 Å². The summed E-state index contributed by atoms with van der Waals surface area (Å²) >= 11 is 0. The van der Waals surface area contributed by atoms with Gasteiger partial charge in [0.1, 0.15) is 11.9 Å². The third-order valence-corrected chi connectivity index (χ3v) is 2.58. The largest absolute Gasteiger partial charge is 0.487 e. The number of benzene rings is 1. The van der Waals surface area contributed by atoms with Crippen LogP contribution >= 0.6 is 0 Å². The highest BCUT2D eigenvalue weighted by molar-refractivity contribution is 5.58. The highest BCUT2D eigenvalue weighted by Crippen LogP contribution is 2.28. The second-order valence-corrected chi connectivity index (χ2v) is 3.87. The molecule has 14 heavy (non-hydrogen) atoms. The predicted octanol–water partition coefficient (Wildman–Crippen LogP) is 1.52. The van der Waals surface area contributed by atoms with Gasteiger partial charge in [-0.05, 0) is 31.5 Å². The first kappa shape index (κ1) is 9.34. The molecule has 0 saturated carbocycles. The van der Waals surface area contributed by atoms with Crippen LogP contribution in [0.1, 0.15) is 12.5 Å². The quantitative estimate of drug-likeness (QED) is 0.655. The Hall–Kier alpha value is -1.22. The minimum atomic E-state index is 0.0442. The fraction of sp³-hybridized carbons (Fsp3) is 0.455. The molecule has 0 unspecified atom stereocenters. The molecule has 2 atom stereocenters. The van der Waals surface area contributed by atoms with Crippen molar-refractivity contribution in [3.05, 3.63) is 23.8 Å². The summed E-state index contributed by atoms with van der Waals surface area (Å²) in [5.41, 5.74) is 8.15. The third kappa shape index (κ3) is 1.68. The van der Waals surface area contributed by atoms with Crippen LogP contribution in [0.15, 0.2) is 18.2 Å². The molecule has 0 radical (unpaired) electrons. The lowest BCUT2D eigenvalue weighted by atomic mass is 10.2. The van der Waals surface area contributed by atoms with E-state index in [1.807, 2.05) is 19.1 Å². The van der Waals surface area contributed by atoms with Crippen LogP contribution in [0, 0.1) is 6.92 Å². The molecular weight excluding hydrogens is 176 g/mol. The van der Waals surface area contributed by atoms with E-state index in [4.69, 9.17) is 10.5 Å². The molecule has 1 aliphatic heterocycles. The van der Waals surface area contributed by atoms with Gasteiger partial charge in [0.15, 0.2) is 0 Å². The number of fused-ring (bicyclic) bond motifs is 1. The SMILES string of the molecule is Cc1ccc2c(c1)O[C@@H](C)[C@@H](N)CN2. The molecule has 0 aromatic heterocycles. The van der Waals surface area contributed by atoms with Crippen LogP contribution in [0.25, 0.3) is 0 Å². The van der Waals surface area contributed by atoms with Gasteiger partial charge in [0.25, 0.3) is 0 Å². The van der Waals surface area contributed by atoms with Crippen LogP contribution in [0.4, 0.5) is 5.69 Å². The molecule has 3 heteroatoms. The van der Waals surface area contributed by atoms with Crippen LogP contribution in [0.5, 0.6) is 5.75 Å². The Morgan fingerprint density at radius 1 is 1.50 bits per heavy atom. The van der Waals surface area contributed by atoms with E-state index >= 15 is 0 Å². The number of rotatable bonds is 0. The zero-order valence-corrected chi connectivity index (χ0v) is 8.58. The average Bonchev–Trinajstić information content (AvgIpc) is 2.27. The first-order valence-corrected chi connectivity index (χ1v) is 4.93. The summed E-state index contributed by atoms with van der Waals surface area (Å²) in [7, 11) is 0. The van der Waals surface area contributed by atoms with Gasteiger partial charge in [-0.2, -0.15) is 0 Å². The minimum Gasteiger partial charge on any atom is -0.487 e. The van der Waals surface area contributed by atoms with Crippen molar-refractivity contribution in [2.45, 2.75) is 26.0 Å². The maximum Gasteiger partial charge on any atom is 0.143 e. The van der Waals surface area contributed by atoms with Crippen LogP contribution in [0.3, 0.4) is 0 Å². The van der Waals surface area contributed by atoms with Crippen molar-refractivity contribution < 1.29 is 4.74 Å². The summed E-state index contributed by atoms with van der Waals surface area (Å²) in [4.78, 5) is 0. The van der Waals surface area contributed by atoms with E-state index in [9.17, 15) is 0 Å². The number of ether oxygens (including phenoxy) is 1. The molecular formula is C11H16N2O. The van der Waals surface area contributed by atoms with Gasteiger partial charge >= 0.3 is 0 Å². The first-order chi connectivity index (χ1) is 6.66. The van der Waals surface area contributed by atoms with Crippen LogP contribution in [-0.4, -0.2) is 18.7 Å². The predicted molar refractivity (Wildman–Crippen MR) is 57.7 cm³/mol. The highest BCUT2D eigenvalue weighted by atomic mass is 16.5. The first-order valence-electron chi connectivity index (χ1n) is 4.93. The molecule has 3 N–H and O–H groups in total. The molecule has 1 heterocycles. The molecule has 0 aliphatic carbocycles. The Labute approximate surface area is 84.3 Å². The number of hydrogen-bond donors (Lipinski definition) is 2. The Morgan fingerprint density at radius 2 is 2.29 bits per heavy atom. The molecule has 0 spiro atoms. The van der Waals surface area contributed by atoms with Crippen molar-refractivity contribution in [2.75, 3.05) is 11.9 Å². The van der Waals surface area contributed by atoms with Gasteiger partial charge in [0, 0.05) is 6.54 Å². The van der Waals surface area contributed by atoms with E-state index in [1.54, 1.807) is 0 Å². The second-order valence-electron chi connectivity index (χ2n) is 3.87. The number of nitrogens with one attached hydrogen (secondary N) is 1. The van der Waals surface area contributed by atoms with Crippen molar-refractivity contribution in [1.29, 1.82) is 0 Å². The molecule has 3 nitrogen and oxygen atoms in total. The topological polar surface area (TPSA) is 47.3 Å². The van der Waals surface area contributed by atoms with Gasteiger partial charge in [0.05, 0.1) is 11.7 Å². The molecule has 76 valence electrons. The smallest absolute Gasteiger partial charge is 0.143 e. The molecule has 2 rings (SSSR count). The number of hydrogen-bond acceptors (Lipinski definition) is 3. The second kappa shape index (κ2) is 3.50. The normalized spacial score (nSPS) is 25.6. The van der Waals surface area contributed by atoms with E-state index in [2.05, 4.69) is 18.3 Å². The summed E-state index contributed by atoms with van der Waals surface area (Å²) < 4.78 is 5.76. The van der Waals surface area contributed by atoms with Crippen molar-refractivity contribution >= 4 is 5.69 Å². The molecule has 1 aromatic rings. The van der Waals surface area contributed by atoms with Gasteiger partial charge in [-0.15, -0.1) is 0 Å². The zero-order valence-electron chi connectivity index (χ0n) is 8.58. The average molecular weight is 192 g/mol. The van der Waals surface area contributed by atoms with E-state index < -0.39 is 0 Å². The summed E-state index contributed by atoms with van der Waals surface area (Å²) in [6, 6.07) is 6.19. The van der Waals surface area contributed by atoms with Gasteiger partial charge in [-0.3, -0.25) is 0 Å². The Bertz CT molecular complexity index is 338. The fourth-order valence-electron chi connectivity index (χ4n) is 1.55. The molecule has 1 aromatic carbocycles. The van der Waals surface area contributed by atoms with Crippen molar-refractivity contribution in [2.24, 2.45) is 5.73 Å². The summed E-state index contributed by atoms with van der Waals surface area (Å²) in [5, 5.41) is 3.28. The van der Waals surface area contributed by atoms with Crippen LogP contribution in [-0.2, 0) is 0 Å². The van der Waals surface area contributed by atoms with Gasteiger partial charge in [0.2, 0.25) is 0 Å². The third-order valence-electron chi connectivity index (χ3n) is 2.58. The summed E-state index contributed by atoms with van der Waals surface area (Å²) in [6.45, 7) is 4.82. The number of nitrogens with two attached hydrogens (primary N) is 1. The van der Waals surface area contributed by atoms with Crippen LogP contribution in [0.2, 0.25) is 0 Å². The fourth-order valence-corrected chi connectivity index (χ4v) is 1.55. The maximum absolute atomic E-state index is 5.91. The lowest BCUT2D eigenvalue weighted by Crippen LogP contribution is -2.40. The maximum atomic E-state index is 5.91.